The summed E-state index contributed by atoms with van der Waals surface area (Å²) in [6, 6.07) is 11.8. The largest absolute Gasteiger partial charge is 0.508 e. The minimum Gasteiger partial charge on any atom is -0.508 e. The van der Waals surface area contributed by atoms with Crippen molar-refractivity contribution in [3.8, 4) is 17.0 Å². The number of benzene rings is 2. The van der Waals surface area contributed by atoms with E-state index in [1.54, 1.807) is 6.07 Å². The standard InChI is InChI=1S/C27H30N2O3/c1-28-12-11-18-15-29-23-13-17(27(31)32)7-9-21(23)24(16-5-3-2-4-6-16)26(29)20-10-8-19(30)14-22(20)25(18)28/h7-10,13-14,16,18,25,30H,2-6,11-12,15H2,1H3,(H,31,32)/t18-,25-/m0/s1. The van der Waals surface area contributed by atoms with Crippen LogP contribution in [0.3, 0.4) is 0 Å². The van der Waals surface area contributed by atoms with Crippen molar-refractivity contribution in [2.75, 3.05) is 13.6 Å². The number of aromatic nitrogens is 1. The van der Waals surface area contributed by atoms with Crippen molar-refractivity contribution >= 4 is 16.9 Å². The zero-order valence-corrected chi connectivity index (χ0v) is 18.6. The van der Waals surface area contributed by atoms with Crippen LogP contribution in [0, 0.1) is 5.92 Å². The minimum absolute atomic E-state index is 0.272. The lowest BCUT2D eigenvalue weighted by molar-refractivity contribution is 0.0697. The van der Waals surface area contributed by atoms with Gasteiger partial charge in [-0.05, 0) is 86.1 Å². The lowest BCUT2D eigenvalue weighted by Gasteiger charge is -2.26. The first-order valence-corrected chi connectivity index (χ1v) is 12.0. The second-order valence-corrected chi connectivity index (χ2v) is 9.99. The maximum absolute atomic E-state index is 11.8. The highest BCUT2D eigenvalue weighted by Crippen LogP contribution is 2.51. The van der Waals surface area contributed by atoms with E-state index in [0.717, 1.165) is 25.0 Å². The molecule has 0 bridgehead atoms. The summed E-state index contributed by atoms with van der Waals surface area (Å²) in [4.78, 5) is 14.2. The third-order valence-corrected chi connectivity index (χ3v) is 8.16. The van der Waals surface area contributed by atoms with Crippen LogP contribution in [0.1, 0.15) is 72.0 Å². The molecule has 1 saturated heterocycles. The first kappa shape index (κ1) is 19.9. The molecule has 5 nitrogen and oxygen atoms in total. The average molecular weight is 431 g/mol. The Morgan fingerprint density at radius 3 is 2.62 bits per heavy atom. The molecule has 2 aromatic carbocycles. The van der Waals surface area contributed by atoms with E-state index in [4.69, 9.17) is 0 Å². The van der Waals surface area contributed by atoms with Gasteiger partial charge in [-0.1, -0.05) is 25.3 Å². The lowest BCUT2D eigenvalue weighted by Crippen LogP contribution is -2.22. The highest BCUT2D eigenvalue weighted by Gasteiger charge is 2.40. The molecule has 2 aliphatic heterocycles. The molecule has 0 spiro atoms. The summed E-state index contributed by atoms with van der Waals surface area (Å²) in [5.74, 6) is 0.374. The second kappa shape index (κ2) is 7.38. The van der Waals surface area contributed by atoms with Gasteiger partial charge in [-0.3, -0.25) is 4.90 Å². The van der Waals surface area contributed by atoms with Crippen LogP contribution in [0.4, 0.5) is 0 Å². The molecule has 3 aliphatic rings. The van der Waals surface area contributed by atoms with Gasteiger partial charge in [0.15, 0.2) is 0 Å². The van der Waals surface area contributed by atoms with Crippen LogP contribution in [0.2, 0.25) is 0 Å². The molecule has 6 rings (SSSR count). The molecule has 2 atom stereocenters. The number of aromatic hydroxyl groups is 1. The predicted octanol–water partition coefficient (Wildman–Crippen LogP) is 5.77. The van der Waals surface area contributed by atoms with Crippen LogP contribution in [-0.2, 0) is 6.54 Å². The summed E-state index contributed by atoms with van der Waals surface area (Å²) in [5, 5.41) is 21.3. The number of carbonyl (C=O) groups is 1. The van der Waals surface area contributed by atoms with Crippen molar-refractivity contribution in [3.05, 3.63) is 53.1 Å². The normalized spacial score (nSPS) is 23.5. The van der Waals surface area contributed by atoms with Crippen LogP contribution in [0.25, 0.3) is 22.2 Å². The van der Waals surface area contributed by atoms with Gasteiger partial charge in [0.1, 0.15) is 5.75 Å². The number of likely N-dealkylation sites (tertiary alicyclic amines) is 1. The quantitative estimate of drug-likeness (QED) is 0.542. The highest BCUT2D eigenvalue weighted by atomic mass is 16.4. The van der Waals surface area contributed by atoms with Gasteiger partial charge in [0.25, 0.3) is 0 Å². The zero-order valence-electron chi connectivity index (χ0n) is 18.6. The maximum Gasteiger partial charge on any atom is 0.335 e. The van der Waals surface area contributed by atoms with Crippen molar-refractivity contribution in [2.45, 2.75) is 57.0 Å². The van der Waals surface area contributed by atoms with Gasteiger partial charge in [-0.2, -0.15) is 0 Å². The Morgan fingerprint density at radius 1 is 1.03 bits per heavy atom. The number of aromatic carboxylic acids is 1. The van der Waals surface area contributed by atoms with Gasteiger partial charge in [0.2, 0.25) is 0 Å². The van der Waals surface area contributed by atoms with Gasteiger partial charge in [0.05, 0.1) is 11.3 Å². The monoisotopic (exact) mass is 430 g/mol. The summed E-state index contributed by atoms with van der Waals surface area (Å²) < 4.78 is 2.42. The Hall–Kier alpha value is -2.79. The molecule has 3 heterocycles. The zero-order chi connectivity index (χ0) is 22.0. The average Bonchev–Trinajstić information content (AvgIpc) is 3.27. The molecule has 3 aromatic rings. The molecule has 1 saturated carbocycles. The number of phenolic OH excluding ortho intramolecular Hbond substituents is 1. The Kier molecular flexibility index (Phi) is 4.58. The smallest absolute Gasteiger partial charge is 0.335 e. The minimum atomic E-state index is -0.876. The molecular weight excluding hydrogens is 400 g/mol. The SMILES string of the molecule is CN1CC[C@H]2Cn3c(c(C4CCCCC4)c4ccc(C(=O)O)cc43)-c3ccc(O)cc3[C@H]21. The molecule has 0 radical (unpaired) electrons. The summed E-state index contributed by atoms with van der Waals surface area (Å²) in [6.07, 6.45) is 7.28. The molecule has 32 heavy (non-hydrogen) atoms. The van der Waals surface area contributed by atoms with Crippen molar-refractivity contribution in [1.29, 1.82) is 0 Å². The number of nitrogens with zero attached hydrogens (tertiary/aromatic N) is 2. The van der Waals surface area contributed by atoms with Crippen molar-refractivity contribution in [3.63, 3.8) is 0 Å². The summed E-state index contributed by atoms with van der Waals surface area (Å²) in [6.45, 7) is 1.92. The van der Waals surface area contributed by atoms with E-state index in [-0.39, 0.29) is 6.04 Å². The van der Waals surface area contributed by atoms with E-state index in [1.165, 1.54) is 59.9 Å². The van der Waals surface area contributed by atoms with E-state index in [1.807, 2.05) is 24.3 Å². The number of carboxylic acids is 1. The van der Waals surface area contributed by atoms with Gasteiger partial charge < -0.3 is 14.8 Å². The van der Waals surface area contributed by atoms with E-state index < -0.39 is 5.97 Å². The number of carboxylic acid groups (broad SMARTS) is 1. The Bertz CT molecular complexity index is 1220. The van der Waals surface area contributed by atoms with Crippen LogP contribution in [0.15, 0.2) is 36.4 Å². The van der Waals surface area contributed by atoms with Gasteiger partial charge in [0, 0.05) is 29.1 Å². The Morgan fingerprint density at radius 2 is 1.84 bits per heavy atom. The van der Waals surface area contributed by atoms with E-state index in [2.05, 4.69) is 22.6 Å². The lowest BCUT2D eigenvalue weighted by atomic mass is 9.81. The fourth-order valence-corrected chi connectivity index (χ4v) is 6.75. The van der Waals surface area contributed by atoms with Crippen LogP contribution in [-0.4, -0.2) is 39.2 Å². The summed E-state index contributed by atoms with van der Waals surface area (Å²) in [5.41, 5.74) is 6.47. The summed E-state index contributed by atoms with van der Waals surface area (Å²) >= 11 is 0. The molecule has 166 valence electrons. The number of hydrogen-bond acceptors (Lipinski definition) is 3. The molecule has 1 aliphatic carbocycles. The van der Waals surface area contributed by atoms with Crippen molar-refractivity contribution in [1.82, 2.24) is 9.47 Å². The fourth-order valence-electron chi connectivity index (χ4n) is 6.75. The summed E-state index contributed by atoms with van der Waals surface area (Å²) in [7, 11) is 2.18. The fraction of sp³-hybridized carbons (Fsp3) is 0.444. The third-order valence-electron chi connectivity index (χ3n) is 8.16. The third kappa shape index (κ3) is 2.91. The van der Waals surface area contributed by atoms with Crippen LogP contribution >= 0.6 is 0 Å². The maximum atomic E-state index is 11.8. The highest BCUT2D eigenvalue weighted by molar-refractivity contribution is 5.98. The van der Waals surface area contributed by atoms with Crippen LogP contribution < -0.4 is 0 Å². The van der Waals surface area contributed by atoms with Gasteiger partial charge >= 0.3 is 5.97 Å². The van der Waals surface area contributed by atoms with Crippen molar-refractivity contribution in [2.24, 2.45) is 5.92 Å². The number of rotatable bonds is 2. The van der Waals surface area contributed by atoms with Crippen LogP contribution in [0.5, 0.6) is 5.75 Å². The second-order valence-electron chi connectivity index (χ2n) is 9.99. The van der Waals surface area contributed by atoms with E-state index in [0.29, 0.717) is 23.1 Å². The van der Waals surface area contributed by atoms with Crippen molar-refractivity contribution < 1.29 is 15.0 Å². The topological polar surface area (TPSA) is 65.7 Å². The molecule has 2 fully saturated rings. The Labute approximate surface area is 188 Å². The molecular formula is C27H30N2O3. The van der Waals surface area contributed by atoms with Gasteiger partial charge in [-0.15, -0.1) is 0 Å². The first-order chi connectivity index (χ1) is 15.5. The number of phenols is 1. The molecule has 2 N–H and O–H groups in total. The van der Waals surface area contributed by atoms with Gasteiger partial charge in [-0.25, -0.2) is 4.79 Å². The molecule has 1 aromatic heterocycles. The van der Waals surface area contributed by atoms with E-state index >= 15 is 0 Å². The molecule has 5 heteroatoms. The molecule has 0 unspecified atom stereocenters. The Balaban J connectivity index is 1.69. The number of hydrogen-bond donors (Lipinski definition) is 2. The number of fused-ring (bicyclic) bond motifs is 7. The molecule has 0 amide bonds. The first-order valence-electron chi connectivity index (χ1n) is 12.0. The predicted molar refractivity (Wildman–Crippen MR) is 125 cm³/mol. The van der Waals surface area contributed by atoms with E-state index in [9.17, 15) is 15.0 Å².